The van der Waals surface area contributed by atoms with E-state index in [2.05, 4.69) is 17.4 Å². The molecule has 0 spiro atoms. The highest BCUT2D eigenvalue weighted by molar-refractivity contribution is 5.44. The molecule has 102 valence electrons. The average Bonchev–Trinajstić information content (AvgIpc) is 3.14. The molecule has 1 aromatic carbocycles. The molecule has 2 saturated carbocycles. The quantitative estimate of drug-likeness (QED) is 0.902. The highest BCUT2D eigenvalue weighted by Gasteiger charge is 2.38. The van der Waals surface area contributed by atoms with Crippen LogP contribution < -0.4 is 14.8 Å². The minimum atomic E-state index is 0.363. The van der Waals surface area contributed by atoms with Crippen molar-refractivity contribution < 1.29 is 9.47 Å². The highest BCUT2D eigenvalue weighted by Crippen LogP contribution is 2.44. The van der Waals surface area contributed by atoms with E-state index in [4.69, 9.17) is 9.47 Å². The Balaban J connectivity index is 1.30. The molecule has 0 unspecified atom stereocenters. The first-order valence-electron chi connectivity index (χ1n) is 7.50. The van der Waals surface area contributed by atoms with Gasteiger partial charge in [0.1, 0.15) is 0 Å². The Bertz CT molecular complexity index is 474. The second-order valence-electron chi connectivity index (χ2n) is 6.17. The van der Waals surface area contributed by atoms with E-state index in [0.717, 1.165) is 42.3 Å². The van der Waals surface area contributed by atoms with Gasteiger partial charge >= 0.3 is 0 Å². The third-order valence-electron chi connectivity index (χ3n) is 5.00. The highest BCUT2D eigenvalue weighted by atomic mass is 16.7. The Hall–Kier alpha value is -1.22. The molecule has 1 heterocycles. The number of hydrogen-bond donors (Lipinski definition) is 1. The topological polar surface area (TPSA) is 30.5 Å². The van der Waals surface area contributed by atoms with Gasteiger partial charge in [-0.1, -0.05) is 12.5 Å². The SMILES string of the molecule is c1cc2c(cc1CCN[C@@H]1C[C@H]3CC[C@@H]1C3)OCO2. The zero-order valence-electron chi connectivity index (χ0n) is 11.2. The molecule has 1 aromatic rings. The van der Waals surface area contributed by atoms with Gasteiger partial charge in [-0.05, 0) is 61.8 Å². The molecular formula is C16H21NO2. The number of nitrogens with one attached hydrogen (secondary N) is 1. The van der Waals surface area contributed by atoms with E-state index in [0.29, 0.717) is 6.79 Å². The van der Waals surface area contributed by atoms with Crippen molar-refractivity contribution in [2.24, 2.45) is 11.8 Å². The number of hydrogen-bond acceptors (Lipinski definition) is 3. The summed E-state index contributed by atoms with van der Waals surface area (Å²) in [5.41, 5.74) is 1.33. The van der Waals surface area contributed by atoms with Gasteiger partial charge < -0.3 is 14.8 Å². The van der Waals surface area contributed by atoms with E-state index >= 15 is 0 Å². The summed E-state index contributed by atoms with van der Waals surface area (Å²) in [5, 5.41) is 3.76. The molecule has 4 rings (SSSR count). The van der Waals surface area contributed by atoms with Gasteiger partial charge in [0.15, 0.2) is 11.5 Å². The summed E-state index contributed by atoms with van der Waals surface area (Å²) >= 11 is 0. The van der Waals surface area contributed by atoms with Crippen LogP contribution in [0.5, 0.6) is 11.5 Å². The lowest BCUT2D eigenvalue weighted by Gasteiger charge is -2.22. The smallest absolute Gasteiger partial charge is 0.231 e. The lowest BCUT2D eigenvalue weighted by Crippen LogP contribution is -2.35. The van der Waals surface area contributed by atoms with Gasteiger partial charge in [-0.3, -0.25) is 0 Å². The van der Waals surface area contributed by atoms with E-state index in [-0.39, 0.29) is 0 Å². The number of ether oxygens (including phenoxy) is 2. The molecule has 1 N–H and O–H groups in total. The molecule has 0 radical (unpaired) electrons. The van der Waals surface area contributed by atoms with E-state index in [9.17, 15) is 0 Å². The second-order valence-corrected chi connectivity index (χ2v) is 6.17. The molecule has 2 aliphatic carbocycles. The summed E-state index contributed by atoms with van der Waals surface area (Å²) < 4.78 is 10.8. The summed E-state index contributed by atoms with van der Waals surface area (Å²) in [5.74, 6) is 3.76. The summed E-state index contributed by atoms with van der Waals surface area (Å²) in [6.45, 7) is 1.44. The largest absolute Gasteiger partial charge is 0.454 e. The summed E-state index contributed by atoms with van der Waals surface area (Å²) in [7, 11) is 0. The molecule has 0 amide bonds. The normalized spacial score (nSPS) is 31.1. The molecule has 0 saturated heterocycles. The molecule has 2 bridgehead atoms. The maximum absolute atomic E-state index is 5.42. The molecule has 3 aliphatic rings. The van der Waals surface area contributed by atoms with Crippen LogP contribution >= 0.6 is 0 Å². The van der Waals surface area contributed by atoms with Crippen LogP contribution in [0.25, 0.3) is 0 Å². The first-order valence-corrected chi connectivity index (χ1v) is 7.50. The minimum Gasteiger partial charge on any atom is -0.454 e. The minimum absolute atomic E-state index is 0.363. The van der Waals surface area contributed by atoms with Crippen LogP contribution in [0.15, 0.2) is 18.2 Å². The summed E-state index contributed by atoms with van der Waals surface area (Å²) in [4.78, 5) is 0. The maximum Gasteiger partial charge on any atom is 0.231 e. The van der Waals surface area contributed by atoms with Gasteiger partial charge in [0.2, 0.25) is 6.79 Å². The first kappa shape index (κ1) is 11.6. The molecule has 3 heteroatoms. The fourth-order valence-electron chi connectivity index (χ4n) is 3.99. The predicted octanol–water partition coefficient (Wildman–Crippen LogP) is 2.74. The number of rotatable bonds is 4. The van der Waals surface area contributed by atoms with Crippen molar-refractivity contribution in [1.82, 2.24) is 5.32 Å². The number of fused-ring (bicyclic) bond motifs is 3. The van der Waals surface area contributed by atoms with Crippen LogP contribution in [0.4, 0.5) is 0 Å². The van der Waals surface area contributed by atoms with Gasteiger partial charge in [0.25, 0.3) is 0 Å². The Morgan fingerprint density at radius 2 is 2.05 bits per heavy atom. The monoisotopic (exact) mass is 259 g/mol. The fraction of sp³-hybridized carbons (Fsp3) is 0.625. The molecule has 19 heavy (non-hydrogen) atoms. The third-order valence-corrected chi connectivity index (χ3v) is 5.00. The van der Waals surface area contributed by atoms with Crippen molar-refractivity contribution in [3.63, 3.8) is 0 Å². The van der Waals surface area contributed by atoms with Crippen LogP contribution in [-0.4, -0.2) is 19.4 Å². The Labute approximate surface area is 114 Å². The summed E-state index contributed by atoms with van der Waals surface area (Å²) in [6, 6.07) is 7.07. The van der Waals surface area contributed by atoms with Gasteiger partial charge in [0, 0.05) is 6.04 Å². The van der Waals surface area contributed by atoms with Gasteiger partial charge in [-0.2, -0.15) is 0 Å². The zero-order valence-corrected chi connectivity index (χ0v) is 11.2. The van der Waals surface area contributed by atoms with Crippen molar-refractivity contribution in [3.05, 3.63) is 23.8 Å². The molecule has 3 atom stereocenters. The van der Waals surface area contributed by atoms with Crippen LogP contribution in [0.1, 0.15) is 31.2 Å². The Morgan fingerprint density at radius 1 is 1.11 bits per heavy atom. The lowest BCUT2D eigenvalue weighted by molar-refractivity contribution is 0.174. The van der Waals surface area contributed by atoms with Gasteiger partial charge in [0.05, 0.1) is 0 Å². The average molecular weight is 259 g/mol. The molecule has 3 nitrogen and oxygen atoms in total. The third kappa shape index (κ3) is 2.20. The van der Waals surface area contributed by atoms with Crippen molar-refractivity contribution >= 4 is 0 Å². The zero-order chi connectivity index (χ0) is 12.7. The van der Waals surface area contributed by atoms with E-state index in [1.165, 1.54) is 31.2 Å². The molecule has 0 aromatic heterocycles. The maximum atomic E-state index is 5.42. The van der Waals surface area contributed by atoms with Crippen molar-refractivity contribution in [1.29, 1.82) is 0 Å². The second kappa shape index (κ2) is 4.71. The molecular weight excluding hydrogens is 238 g/mol. The fourth-order valence-corrected chi connectivity index (χ4v) is 3.99. The first-order chi connectivity index (χ1) is 9.38. The van der Waals surface area contributed by atoms with E-state index in [1.807, 2.05) is 6.07 Å². The van der Waals surface area contributed by atoms with Crippen LogP contribution in [0.3, 0.4) is 0 Å². The standard InChI is InChI=1S/C16H21NO2/c1-3-13-7-12(1)8-14(13)17-6-5-11-2-4-15-16(9-11)19-10-18-15/h2,4,9,12-14,17H,1,3,5-8,10H2/t12-,13+,14+/m0/s1. The summed E-state index contributed by atoms with van der Waals surface area (Å²) in [6.07, 6.45) is 6.88. The van der Waals surface area contributed by atoms with Crippen molar-refractivity contribution in [3.8, 4) is 11.5 Å². The van der Waals surface area contributed by atoms with Gasteiger partial charge in [-0.15, -0.1) is 0 Å². The van der Waals surface area contributed by atoms with E-state index in [1.54, 1.807) is 0 Å². The van der Waals surface area contributed by atoms with Crippen molar-refractivity contribution in [2.45, 2.75) is 38.1 Å². The van der Waals surface area contributed by atoms with E-state index < -0.39 is 0 Å². The Kier molecular flexibility index (Phi) is 2.87. The van der Waals surface area contributed by atoms with Crippen LogP contribution in [-0.2, 0) is 6.42 Å². The molecule has 1 aliphatic heterocycles. The number of benzene rings is 1. The van der Waals surface area contributed by atoms with Crippen molar-refractivity contribution in [2.75, 3.05) is 13.3 Å². The molecule has 2 fully saturated rings. The van der Waals surface area contributed by atoms with Crippen LogP contribution in [0.2, 0.25) is 0 Å². The van der Waals surface area contributed by atoms with Crippen LogP contribution in [0, 0.1) is 11.8 Å². The van der Waals surface area contributed by atoms with Gasteiger partial charge in [-0.25, -0.2) is 0 Å². The lowest BCUT2D eigenvalue weighted by atomic mass is 9.95. The predicted molar refractivity (Wildman–Crippen MR) is 73.5 cm³/mol. The Morgan fingerprint density at radius 3 is 2.89 bits per heavy atom.